The molecule has 1 aromatic rings. The maximum absolute atomic E-state index is 12.7. The van der Waals surface area contributed by atoms with E-state index in [1.165, 1.54) is 16.7 Å². The molecular formula is C17H25NO. The van der Waals surface area contributed by atoms with Gasteiger partial charge in [0.25, 0.3) is 0 Å². The molecule has 2 nitrogen and oxygen atoms in total. The maximum atomic E-state index is 12.7. The molecular weight excluding hydrogens is 234 g/mol. The molecule has 1 heterocycles. The number of benzene rings is 1. The number of aryl methyl sites for hydroxylation is 3. The van der Waals surface area contributed by atoms with E-state index in [0.717, 1.165) is 44.2 Å². The Balaban J connectivity index is 2.44. The molecule has 0 amide bonds. The molecule has 0 saturated carbocycles. The van der Waals surface area contributed by atoms with Crippen LogP contribution in [0.2, 0.25) is 0 Å². The van der Waals surface area contributed by atoms with Crippen LogP contribution in [0.5, 0.6) is 0 Å². The lowest BCUT2D eigenvalue weighted by Gasteiger charge is -2.17. The summed E-state index contributed by atoms with van der Waals surface area (Å²) in [6, 6.07) is 4.49. The van der Waals surface area contributed by atoms with Gasteiger partial charge >= 0.3 is 0 Å². The van der Waals surface area contributed by atoms with E-state index < -0.39 is 0 Å². The van der Waals surface area contributed by atoms with Crippen molar-refractivity contribution in [1.82, 2.24) is 5.32 Å². The van der Waals surface area contributed by atoms with Gasteiger partial charge in [-0.25, -0.2) is 0 Å². The van der Waals surface area contributed by atoms with Crippen LogP contribution in [0, 0.1) is 0 Å². The molecule has 1 saturated heterocycles. The van der Waals surface area contributed by atoms with Crippen LogP contribution < -0.4 is 5.32 Å². The number of hydrogen-bond donors (Lipinski definition) is 1. The van der Waals surface area contributed by atoms with Gasteiger partial charge in [0.15, 0.2) is 5.78 Å². The van der Waals surface area contributed by atoms with Gasteiger partial charge in [-0.05, 0) is 55.3 Å². The van der Waals surface area contributed by atoms with Gasteiger partial charge in [-0.15, -0.1) is 0 Å². The number of Topliss-reactive ketones (excluding diaryl/α,β-unsaturated/α-hetero) is 1. The second kappa shape index (κ2) is 6.33. The number of ketones is 1. The van der Waals surface area contributed by atoms with E-state index in [4.69, 9.17) is 0 Å². The summed E-state index contributed by atoms with van der Waals surface area (Å²) in [5.74, 6) is 0.314. The van der Waals surface area contributed by atoms with Gasteiger partial charge in [-0.3, -0.25) is 4.79 Å². The molecule has 0 bridgehead atoms. The Morgan fingerprint density at radius 3 is 2.21 bits per heavy atom. The van der Waals surface area contributed by atoms with Crippen molar-refractivity contribution in [3.8, 4) is 0 Å². The summed E-state index contributed by atoms with van der Waals surface area (Å²) in [6.07, 6.45) is 5.02. The van der Waals surface area contributed by atoms with Gasteiger partial charge < -0.3 is 5.32 Å². The highest BCUT2D eigenvalue weighted by Crippen LogP contribution is 2.23. The van der Waals surface area contributed by atoms with Crippen molar-refractivity contribution >= 4 is 5.78 Å². The zero-order chi connectivity index (χ0) is 13.8. The minimum Gasteiger partial charge on any atom is -0.307 e. The largest absolute Gasteiger partial charge is 0.307 e. The molecule has 1 aliphatic rings. The third-order valence-electron chi connectivity index (χ3n) is 4.15. The molecule has 2 rings (SSSR count). The van der Waals surface area contributed by atoms with Crippen LogP contribution in [-0.2, 0) is 19.3 Å². The first-order chi connectivity index (χ1) is 9.21. The Hall–Kier alpha value is -1.15. The lowest BCUT2D eigenvalue weighted by atomic mass is 9.88. The second-order valence-electron chi connectivity index (χ2n) is 5.36. The molecule has 0 aromatic heterocycles. The first-order valence-electron chi connectivity index (χ1n) is 7.63. The highest BCUT2D eigenvalue weighted by atomic mass is 16.1. The molecule has 104 valence electrons. The van der Waals surface area contributed by atoms with Crippen LogP contribution in [-0.4, -0.2) is 18.4 Å². The van der Waals surface area contributed by atoms with Crippen molar-refractivity contribution in [2.75, 3.05) is 6.54 Å². The van der Waals surface area contributed by atoms with Crippen LogP contribution in [0.15, 0.2) is 12.1 Å². The molecule has 0 radical (unpaired) electrons. The summed E-state index contributed by atoms with van der Waals surface area (Å²) in [4.78, 5) is 12.7. The molecule has 1 aromatic carbocycles. The molecule has 1 fully saturated rings. The Kier molecular flexibility index (Phi) is 4.76. The van der Waals surface area contributed by atoms with E-state index in [-0.39, 0.29) is 6.04 Å². The Labute approximate surface area is 116 Å². The quantitative estimate of drug-likeness (QED) is 0.822. The first-order valence-corrected chi connectivity index (χ1v) is 7.63. The fourth-order valence-electron chi connectivity index (χ4n) is 3.00. The predicted molar refractivity (Wildman–Crippen MR) is 79.9 cm³/mol. The highest BCUT2D eigenvalue weighted by Gasteiger charge is 2.26. The van der Waals surface area contributed by atoms with Crippen LogP contribution in [0.4, 0.5) is 0 Å². The van der Waals surface area contributed by atoms with E-state index >= 15 is 0 Å². The van der Waals surface area contributed by atoms with Crippen molar-refractivity contribution in [1.29, 1.82) is 0 Å². The summed E-state index contributed by atoms with van der Waals surface area (Å²) in [6.45, 7) is 7.45. The molecule has 2 heteroatoms. The predicted octanol–water partition coefficient (Wildman–Crippen LogP) is 3.31. The SMILES string of the molecule is CCc1cc(CC)c(C(=O)C2CCCN2)c(CC)c1. The fourth-order valence-corrected chi connectivity index (χ4v) is 3.00. The van der Waals surface area contributed by atoms with Crippen molar-refractivity contribution in [2.45, 2.75) is 58.9 Å². The van der Waals surface area contributed by atoms with Gasteiger partial charge in [0.05, 0.1) is 6.04 Å². The summed E-state index contributed by atoms with van der Waals surface area (Å²) >= 11 is 0. The summed E-state index contributed by atoms with van der Waals surface area (Å²) < 4.78 is 0. The minimum atomic E-state index is 0.0445. The summed E-state index contributed by atoms with van der Waals surface area (Å²) in [5, 5.41) is 3.34. The van der Waals surface area contributed by atoms with Crippen molar-refractivity contribution < 1.29 is 4.79 Å². The maximum Gasteiger partial charge on any atom is 0.180 e. The number of carbonyl (C=O) groups is 1. The lowest BCUT2D eigenvalue weighted by Crippen LogP contribution is -2.32. The van der Waals surface area contributed by atoms with Crippen molar-refractivity contribution in [2.24, 2.45) is 0 Å². The first kappa shape index (κ1) is 14.3. The Morgan fingerprint density at radius 2 is 1.79 bits per heavy atom. The Bertz CT molecular complexity index is 433. The number of carbonyl (C=O) groups excluding carboxylic acids is 1. The van der Waals surface area contributed by atoms with Gasteiger partial charge in [-0.2, -0.15) is 0 Å². The van der Waals surface area contributed by atoms with E-state index in [1.807, 2.05) is 0 Å². The fraction of sp³-hybridized carbons (Fsp3) is 0.588. The van der Waals surface area contributed by atoms with E-state index in [1.54, 1.807) is 0 Å². The highest BCUT2D eigenvalue weighted by molar-refractivity contribution is 6.03. The van der Waals surface area contributed by atoms with Crippen molar-refractivity contribution in [3.63, 3.8) is 0 Å². The van der Waals surface area contributed by atoms with Gasteiger partial charge in [0, 0.05) is 5.56 Å². The number of rotatable bonds is 5. The Morgan fingerprint density at radius 1 is 1.16 bits per heavy atom. The monoisotopic (exact) mass is 259 g/mol. The van der Waals surface area contributed by atoms with Crippen LogP contribution in [0.25, 0.3) is 0 Å². The number of nitrogens with one attached hydrogen (secondary N) is 1. The smallest absolute Gasteiger partial charge is 0.180 e. The van der Waals surface area contributed by atoms with Crippen LogP contribution >= 0.6 is 0 Å². The van der Waals surface area contributed by atoms with Crippen LogP contribution in [0.3, 0.4) is 0 Å². The van der Waals surface area contributed by atoms with E-state index in [9.17, 15) is 4.79 Å². The van der Waals surface area contributed by atoms with E-state index in [2.05, 4.69) is 38.2 Å². The van der Waals surface area contributed by atoms with Gasteiger partial charge in [0.1, 0.15) is 0 Å². The topological polar surface area (TPSA) is 29.1 Å². The molecule has 1 unspecified atom stereocenters. The van der Waals surface area contributed by atoms with E-state index in [0.29, 0.717) is 5.78 Å². The van der Waals surface area contributed by atoms with Gasteiger partial charge in [-0.1, -0.05) is 32.9 Å². The summed E-state index contributed by atoms with van der Waals surface area (Å²) in [5.41, 5.74) is 4.82. The zero-order valence-corrected chi connectivity index (χ0v) is 12.4. The molecule has 19 heavy (non-hydrogen) atoms. The zero-order valence-electron chi connectivity index (χ0n) is 12.4. The third-order valence-corrected chi connectivity index (χ3v) is 4.15. The summed E-state index contributed by atoms with van der Waals surface area (Å²) in [7, 11) is 0. The third kappa shape index (κ3) is 2.89. The second-order valence-corrected chi connectivity index (χ2v) is 5.36. The molecule has 1 atom stereocenters. The number of hydrogen-bond acceptors (Lipinski definition) is 2. The minimum absolute atomic E-state index is 0.0445. The normalized spacial score (nSPS) is 18.8. The van der Waals surface area contributed by atoms with Crippen LogP contribution in [0.1, 0.15) is 60.7 Å². The van der Waals surface area contributed by atoms with Crippen molar-refractivity contribution in [3.05, 3.63) is 34.4 Å². The molecule has 0 aliphatic carbocycles. The molecule has 0 spiro atoms. The standard InChI is InChI=1S/C17H25NO/c1-4-12-10-13(5-2)16(14(6-3)11-12)17(19)15-8-7-9-18-15/h10-11,15,18H,4-9H2,1-3H3. The average Bonchev–Trinajstić information content (AvgIpc) is 2.99. The van der Waals surface area contributed by atoms with Gasteiger partial charge in [0.2, 0.25) is 0 Å². The molecule has 1 N–H and O–H groups in total. The average molecular weight is 259 g/mol. The molecule has 1 aliphatic heterocycles. The lowest BCUT2D eigenvalue weighted by molar-refractivity contribution is 0.0950.